The summed E-state index contributed by atoms with van der Waals surface area (Å²) in [4.78, 5) is 21.8. The molecule has 2 N–H and O–H groups in total. The van der Waals surface area contributed by atoms with Crippen LogP contribution in [-0.4, -0.2) is 33.1 Å². The summed E-state index contributed by atoms with van der Waals surface area (Å²) in [5.41, 5.74) is 1.95. The highest BCUT2D eigenvalue weighted by atomic mass is 35.5. The molecule has 2 saturated carbocycles. The van der Waals surface area contributed by atoms with Crippen molar-refractivity contribution in [1.29, 1.82) is 0 Å². The summed E-state index contributed by atoms with van der Waals surface area (Å²) in [7, 11) is 0. The maximum absolute atomic E-state index is 12.6. The third kappa shape index (κ3) is 4.70. The molecule has 6 heteroatoms. The summed E-state index contributed by atoms with van der Waals surface area (Å²) >= 11 is 6.02. The van der Waals surface area contributed by atoms with Crippen LogP contribution in [0.4, 0.5) is 0 Å². The van der Waals surface area contributed by atoms with Gasteiger partial charge in [-0.3, -0.25) is 9.78 Å². The summed E-state index contributed by atoms with van der Waals surface area (Å²) in [5, 5.41) is 13.9. The summed E-state index contributed by atoms with van der Waals surface area (Å²) in [6.07, 6.45) is 8.12. The van der Waals surface area contributed by atoms with E-state index >= 15 is 0 Å². The third-order valence-electron chi connectivity index (χ3n) is 5.75. The standard InChI is InChI=1S/C22H26ClN3O2/c1-22(28,16-7-8-16)13-25-21(27)19-12-24-18(11-4-14-2-3-14)20(26-19)15-5-9-17(23)10-6-15/h5-6,9-10,12,14,16,28H,2-4,7-8,11,13H2,1H3,(H,25,27)/t22-/m0/s1. The van der Waals surface area contributed by atoms with E-state index in [2.05, 4.69) is 15.3 Å². The van der Waals surface area contributed by atoms with Gasteiger partial charge in [-0.25, -0.2) is 4.98 Å². The Labute approximate surface area is 170 Å². The molecular formula is C22H26ClN3O2. The van der Waals surface area contributed by atoms with Gasteiger partial charge < -0.3 is 10.4 Å². The van der Waals surface area contributed by atoms with Crippen molar-refractivity contribution in [3.8, 4) is 11.3 Å². The number of hydrogen-bond acceptors (Lipinski definition) is 4. The van der Waals surface area contributed by atoms with Crippen LogP contribution in [0.1, 0.15) is 55.2 Å². The Balaban J connectivity index is 1.54. The first-order valence-corrected chi connectivity index (χ1v) is 10.4. The topological polar surface area (TPSA) is 75.1 Å². The number of aryl methyl sites for hydroxylation is 1. The minimum Gasteiger partial charge on any atom is -0.388 e. The second-order valence-electron chi connectivity index (χ2n) is 8.35. The maximum Gasteiger partial charge on any atom is 0.271 e. The molecule has 0 saturated heterocycles. The average Bonchev–Trinajstić information content (AvgIpc) is 3.57. The lowest BCUT2D eigenvalue weighted by molar-refractivity contribution is 0.0353. The van der Waals surface area contributed by atoms with Crippen molar-refractivity contribution in [2.24, 2.45) is 11.8 Å². The zero-order valence-corrected chi connectivity index (χ0v) is 16.9. The van der Waals surface area contributed by atoms with E-state index in [0.29, 0.717) is 5.02 Å². The molecule has 1 atom stereocenters. The van der Waals surface area contributed by atoms with Crippen molar-refractivity contribution < 1.29 is 9.90 Å². The van der Waals surface area contributed by atoms with E-state index in [4.69, 9.17) is 11.6 Å². The molecule has 2 aliphatic carbocycles. The second kappa shape index (κ2) is 7.80. The molecule has 2 aromatic rings. The molecule has 148 valence electrons. The van der Waals surface area contributed by atoms with Crippen LogP contribution in [0.25, 0.3) is 11.3 Å². The van der Waals surface area contributed by atoms with Crippen LogP contribution in [-0.2, 0) is 6.42 Å². The fraction of sp³-hybridized carbons (Fsp3) is 0.500. The number of carbonyl (C=O) groups excluding carboxylic acids is 1. The van der Waals surface area contributed by atoms with Gasteiger partial charge >= 0.3 is 0 Å². The first kappa shape index (κ1) is 19.3. The SMILES string of the molecule is C[C@](O)(CNC(=O)c1cnc(CCC2CC2)c(-c2ccc(Cl)cc2)n1)C1CC1. The molecule has 1 aromatic heterocycles. The van der Waals surface area contributed by atoms with Crippen molar-refractivity contribution in [1.82, 2.24) is 15.3 Å². The van der Waals surface area contributed by atoms with E-state index < -0.39 is 5.60 Å². The molecule has 0 unspecified atom stereocenters. The molecule has 2 aliphatic rings. The van der Waals surface area contributed by atoms with Crippen LogP contribution < -0.4 is 5.32 Å². The highest BCUT2D eigenvalue weighted by molar-refractivity contribution is 6.30. The Kier molecular flexibility index (Phi) is 5.39. The predicted molar refractivity (Wildman–Crippen MR) is 109 cm³/mol. The van der Waals surface area contributed by atoms with Crippen molar-refractivity contribution in [2.45, 2.75) is 51.0 Å². The van der Waals surface area contributed by atoms with Gasteiger partial charge in [0, 0.05) is 17.1 Å². The lowest BCUT2D eigenvalue weighted by Crippen LogP contribution is -2.42. The zero-order valence-electron chi connectivity index (χ0n) is 16.1. The van der Waals surface area contributed by atoms with Gasteiger partial charge in [-0.2, -0.15) is 0 Å². The van der Waals surface area contributed by atoms with E-state index in [1.807, 2.05) is 24.3 Å². The summed E-state index contributed by atoms with van der Waals surface area (Å²) < 4.78 is 0. The maximum atomic E-state index is 12.6. The minimum atomic E-state index is -0.869. The molecule has 1 amide bonds. The van der Waals surface area contributed by atoms with E-state index in [-0.39, 0.29) is 24.1 Å². The largest absolute Gasteiger partial charge is 0.388 e. The summed E-state index contributed by atoms with van der Waals surface area (Å²) in [6, 6.07) is 7.46. The number of aromatic nitrogens is 2. The van der Waals surface area contributed by atoms with Crippen molar-refractivity contribution in [3.05, 3.63) is 46.9 Å². The first-order chi connectivity index (χ1) is 13.4. The van der Waals surface area contributed by atoms with Gasteiger partial charge in [0.2, 0.25) is 0 Å². The highest BCUT2D eigenvalue weighted by Crippen LogP contribution is 2.39. The van der Waals surface area contributed by atoms with E-state index in [1.54, 1.807) is 13.1 Å². The van der Waals surface area contributed by atoms with Gasteiger partial charge in [0.25, 0.3) is 5.91 Å². The molecule has 1 heterocycles. The van der Waals surface area contributed by atoms with Crippen LogP contribution in [0.3, 0.4) is 0 Å². The number of amides is 1. The normalized spacial score (nSPS) is 18.5. The van der Waals surface area contributed by atoms with Crippen LogP contribution in [0.5, 0.6) is 0 Å². The fourth-order valence-electron chi connectivity index (χ4n) is 3.49. The molecule has 0 spiro atoms. The number of nitrogens with one attached hydrogen (secondary N) is 1. The lowest BCUT2D eigenvalue weighted by atomic mass is 10.0. The smallest absolute Gasteiger partial charge is 0.271 e. The number of hydrogen-bond donors (Lipinski definition) is 2. The van der Waals surface area contributed by atoms with E-state index in [1.165, 1.54) is 12.8 Å². The van der Waals surface area contributed by atoms with Crippen molar-refractivity contribution in [2.75, 3.05) is 6.54 Å². The quantitative estimate of drug-likeness (QED) is 0.702. The van der Waals surface area contributed by atoms with Crippen molar-refractivity contribution in [3.63, 3.8) is 0 Å². The van der Waals surface area contributed by atoms with Crippen LogP contribution in [0.2, 0.25) is 5.02 Å². The van der Waals surface area contributed by atoms with Gasteiger partial charge in [-0.05, 0) is 56.6 Å². The van der Waals surface area contributed by atoms with E-state index in [0.717, 1.165) is 48.6 Å². The summed E-state index contributed by atoms with van der Waals surface area (Å²) in [6.45, 7) is 1.99. The molecule has 4 rings (SSSR count). The Morgan fingerprint density at radius 3 is 2.61 bits per heavy atom. The highest BCUT2D eigenvalue weighted by Gasteiger charge is 2.40. The molecule has 5 nitrogen and oxygen atoms in total. The predicted octanol–water partition coefficient (Wildman–Crippen LogP) is 4.03. The van der Waals surface area contributed by atoms with Gasteiger partial charge in [-0.15, -0.1) is 0 Å². The van der Waals surface area contributed by atoms with E-state index in [9.17, 15) is 9.90 Å². The summed E-state index contributed by atoms with van der Waals surface area (Å²) in [5.74, 6) is 0.762. The molecular weight excluding hydrogens is 374 g/mol. The lowest BCUT2D eigenvalue weighted by Gasteiger charge is -2.23. The number of nitrogens with zero attached hydrogens (tertiary/aromatic N) is 2. The van der Waals surface area contributed by atoms with Crippen molar-refractivity contribution >= 4 is 17.5 Å². The van der Waals surface area contributed by atoms with Crippen LogP contribution in [0.15, 0.2) is 30.5 Å². The second-order valence-corrected chi connectivity index (χ2v) is 8.79. The van der Waals surface area contributed by atoms with Gasteiger partial charge in [0.05, 0.1) is 23.2 Å². The van der Waals surface area contributed by atoms with Crippen LogP contribution >= 0.6 is 11.6 Å². The Bertz CT molecular complexity index is 859. The number of aliphatic hydroxyl groups is 1. The number of carbonyl (C=O) groups is 1. The minimum absolute atomic E-state index is 0.220. The first-order valence-electron chi connectivity index (χ1n) is 10.0. The monoisotopic (exact) mass is 399 g/mol. The van der Waals surface area contributed by atoms with Gasteiger partial charge in [0.1, 0.15) is 5.69 Å². The molecule has 1 aromatic carbocycles. The van der Waals surface area contributed by atoms with Crippen LogP contribution in [0, 0.1) is 11.8 Å². The van der Waals surface area contributed by atoms with Gasteiger partial charge in [-0.1, -0.05) is 36.6 Å². The molecule has 0 aliphatic heterocycles. The number of halogens is 1. The zero-order chi connectivity index (χ0) is 19.7. The number of rotatable bonds is 8. The average molecular weight is 400 g/mol. The number of benzene rings is 1. The Morgan fingerprint density at radius 2 is 1.96 bits per heavy atom. The third-order valence-corrected chi connectivity index (χ3v) is 6.00. The van der Waals surface area contributed by atoms with Gasteiger partial charge in [0.15, 0.2) is 0 Å². The molecule has 0 radical (unpaired) electrons. The Hall–Kier alpha value is -1.98. The molecule has 0 bridgehead atoms. The Morgan fingerprint density at radius 1 is 1.25 bits per heavy atom. The molecule has 2 fully saturated rings. The fourth-order valence-corrected chi connectivity index (χ4v) is 3.62. The molecule has 28 heavy (non-hydrogen) atoms.